The summed E-state index contributed by atoms with van der Waals surface area (Å²) in [6.07, 6.45) is -0.369. The Morgan fingerprint density at radius 1 is 0.975 bits per heavy atom. The van der Waals surface area contributed by atoms with E-state index >= 15 is 0 Å². The summed E-state index contributed by atoms with van der Waals surface area (Å²) in [6.45, 7) is 4.09. The lowest BCUT2D eigenvalue weighted by Gasteiger charge is -2.09. The highest BCUT2D eigenvalue weighted by Gasteiger charge is 2.22. The van der Waals surface area contributed by atoms with Crippen molar-refractivity contribution in [3.8, 4) is 5.75 Å². The molecular formula is C29H26ClN5O4S. The summed E-state index contributed by atoms with van der Waals surface area (Å²) in [5.74, 6) is -0.875. The number of carbonyl (C=O) groups is 3. The molecule has 3 N–H and O–H groups in total. The number of ether oxygens (including phenoxy) is 1. The highest BCUT2D eigenvalue weighted by atomic mass is 35.5. The maximum absolute atomic E-state index is 13.3. The van der Waals surface area contributed by atoms with E-state index in [2.05, 4.69) is 26.1 Å². The number of aromatic nitrogens is 1. The van der Waals surface area contributed by atoms with Crippen molar-refractivity contribution < 1.29 is 19.1 Å². The van der Waals surface area contributed by atoms with E-state index in [1.807, 2.05) is 19.1 Å². The summed E-state index contributed by atoms with van der Waals surface area (Å²) < 4.78 is 5.43. The van der Waals surface area contributed by atoms with Crippen LogP contribution in [0.2, 0.25) is 5.02 Å². The van der Waals surface area contributed by atoms with Gasteiger partial charge in [-0.2, -0.15) is 5.10 Å². The van der Waals surface area contributed by atoms with Gasteiger partial charge in [-0.3, -0.25) is 14.4 Å². The molecule has 0 radical (unpaired) electrons. The molecule has 4 rings (SSSR count). The summed E-state index contributed by atoms with van der Waals surface area (Å²) in [6, 6.07) is 22.4. The number of rotatable bonds is 11. The van der Waals surface area contributed by atoms with Crippen LogP contribution in [-0.2, 0) is 4.79 Å². The molecule has 11 heteroatoms. The largest absolute Gasteiger partial charge is 0.494 e. The third kappa shape index (κ3) is 7.52. The third-order valence-corrected chi connectivity index (χ3v) is 6.95. The van der Waals surface area contributed by atoms with Crippen LogP contribution in [0.3, 0.4) is 0 Å². The van der Waals surface area contributed by atoms with Crippen LogP contribution in [0.25, 0.3) is 0 Å². The number of anilines is 3. The Balaban J connectivity index is 1.54. The fraction of sp³-hybridized carbons (Fsp3) is 0.138. The molecule has 0 saturated heterocycles. The van der Waals surface area contributed by atoms with Crippen molar-refractivity contribution in [1.82, 2.24) is 10.4 Å². The molecule has 0 aliphatic heterocycles. The van der Waals surface area contributed by atoms with Crippen LogP contribution in [0.15, 0.2) is 84.0 Å². The average molecular weight is 576 g/mol. The minimum Gasteiger partial charge on any atom is -0.494 e. The first kappa shape index (κ1) is 28.5. The van der Waals surface area contributed by atoms with Gasteiger partial charge in [-0.05, 0) is 62.4 Å². The van der Waals surface area contributed by atoms with E-state index in [0.29, 0.717) is 50.0 Å². The molecular weight excluding hydrogens is 550 g/mol. The summed E-state index contributed by atoms with van der Waals surface area (Å²) in [5.41, 5.74) is 4.19. The lowest BCUT2D eigenvalue weighted by atomic mass is 10.1. The lowest BCUT2D eigenvalue weighted by Crippen LogP contribution is -2.29. The van der Waals surface area contributed by atoms with E-state index in [0.717, 1.165) is 11.3 Å². The van der Waals surface area contributed by atoms with Crippen LogP contribution in [0.4, 0.5) is 16.5 Å². The molecule has 0 aliphatic rings. The van der Waals surface area contributed by atoms with Crippen LogP contribution in [-0.4, -0.2) is 34.9 Å². The van der Waals surface area contributed by atoms with Gasteiger partial charge in [0.2, 0.25) is 0 Å². The summed E-state index contributed by atoms with van der Waals surface area (Å²) in [5, 5.41) is 10.9. The molecule has 2 amide bonds. The third-order valence-electron chi connectivity index (χ3n) is 5.51. The van der Waals surface area contributed by atoms with Gasteiger partial charge in [-0.25, -0.2) is 10.4 Å². The zero-order valence-electron chi connectivity index (χ0n) is 21.7. The number of nitrogens with one attached hydrogen (secondary N) is 3. The number of carbonyl (C=O) groups excluding carboxylic acids is 3. The summed E-state index contributed by atoms with van der Waals surface area (Å²) >= 11 is 7.37. The maximum Gasteiger partial charge on any atom is 0.272 e. The van der Waals surface area contributed by atoms with E-state index in [9.17, 15) is 14.4 Å². The van der Waals surface area contributed by atoms with Crippen molar-refractivity contribution in [3.63, 3.8) is 0 Å². The maximum atomic E-state index is 13.3. The van der Waals surface area contributed by atoms with Crippen molar-refractivity contribution in [1.29, 1.82) is 0 Å². The highest BCUT2D eigenvalue weighted by Crippen LogP contribution is 2.30. The zero-order valence-corrected chi connectivity index (χ0v) is 23.3. The van der Waals surface area contributed by atoms with Crippen LogP contribution in [0, 0.1) is 6.92 Å². The Bertz CT molecular complexity index is 1540. The predicted molar refractivity (Wildman–Crippen MR) is 158 cm³/mol. The van der Waals surface area contributed by atoms with Crippen LogP contribution >= 0.6 is 22.9 Å². The second kappa shape index (κ2) is 13.5. The van der Waals surface area contributed by atoms with Crippen LogP contribution in [0.5, 0.6) is 5.75 Å². The molecule has 1 aromatic heterocycles. The average Bonchev–Trinajstić information content (AvgIpc) is 3.33. The quantitative estimate of drug-likeness (QED) is 0.110. The topological polar surface area (TPSA) is 122 Å². The van der Waals surface area contributed by atoms with Gasteiger partial charge in [0.1, 0.15) is 11.5 Å². The number of para-hydroxylation sites is 1. The Morgan fingerprint density at radius 2 is 1.68 bits per heavy atom. The zero-order chi connectivity index (χ0) is 28.5. The van der Waals surface area contributed by atoms with Gasteiger partial charge in [-0.15, -0.1) is 0 Å². The summed E-state index contributed by atoms with van der Waals surface area (Å²) in [7, 11) is 0. The number of benzene rings is 3. The van der Waals surface area contributed by atoms with E-state index in [-0.39, 0.29) is 17.9 Å². The van der Waals surface area contributed by atoms with Gasteiger partial charge in [0.15, 0.2) is 10.9 Å². The Kier molecular flexibility index (Phi) is 9.61. The number of nitrogens with zero attached hydrogens (tertiary/aromatic N) is 2. The van der Waals surface area contributed by atoms with Gasteiger partial charge in [0.05, 0.1) is 34.3 Å². The van der Waals surface area contributed by atoms with Gasteiger partial charge in [0.25, 0.3) is 11.8 Å². The van der Waals surface area contributed by atoms with Crippen LogP contribution in [0.1, 0.15) is 39.1 Å². The molecule has 0 saturated carbocycles. The number of Topliss-reactive ketones (excluding diaryl/α,β-unsaturated/α-hetero) is 1. The number of hydrogen-bond donors (Lipinski definition) is 3. The van der Waals surface area contributed by atoms with E-state index in [4.69, 9.17) is 16.3 Å². The highest BCUT2D eigenvalue weighted by molar-refractivity contribution is 7.17. The van der Waals surface area contributed by atoms with E-state index in [1.54, 1.807) is 73.7 Å². The predicted octanol–water partition coefficient (Wildman–Crippen LogP) is 6.24. The first-order valence-electron chi connectivity index (χ1n) is 12.3. The van der Waals surface area contributed by atoms with Crippen molar-refractivity contribution in [3.05, 3.63) is 100 Å². The fourth-order valence-electron chi connectivity index (χ4n) is 3.57. The molecule has 0 atom stereocenters. The molecule has 4 aromatic rings. The smallest absolute Gasteiger partial charge is 0.272 e. The Labute approximate surface area is 240 Å². The number of aryl methyl sites for hydroxylation is 1. The molecule has 1 heterocycles. The Hall–Kier alpha value is -4.54. The van der Waals surface area contributed by atoms with Gasteiger partial charge in [-0.1, -0.05) is 53.3 Å². The molecule has 9 nitrogen and oxygen atoms in total. The lowest BCUT2D eigenvalue weighted by molar-refractivity contribution is -0.110. The SMILES string of the molecule is CCOc1ccc(NC(=O)C(CC(=O)c2sc(Nc3ccccc3Cl)nc2C)=NNC(=O)c2ccccc2)cc1. The first-order valence-corrected chi connectivity index (χ1v) is 13.5. The molecule has 40 heavy (non-hydrogen) atoms. The Morgan fingerprint density at radius 3 is 2.38 bits per heavy atom. The van der Waals surface area contributed by atoms with Crippen molar-refractivity contribution in [2.24, 2.45) is 5.10 Å². The molecule has 3 aromatic carbocycles. The molecule has 0 fully saturated rings. The van der Waals surface area contributed by atoms with Crippen molar-refractivity contribution in [2.45, 2.75) is 20.3 Å². The molecule has 0 spiro atoms. The number of hydrogen-bond acceptors (Lipinski definition) is 8. The minimum absolute atomic E-state index is 0.170. The van der Waals surface area contributed by atoms with Gasteiger partial charge < -0.3 is 15.4 Å². The number of amides is 2. The van der Waals surface area contributed by atoms with Crippen LogP contribution < -0.4 is 20.8 Å². The monoisotopic (exact) mass is 575 g/mol. The van der Waals surface area contributed by atoms with Crippen molar-refractivity contribution >= 4 is 62.8 Å². The normalized spacial score (nSPS) is 11.0. The van der Waals surface area contributed by atoms with E-state index in [1.165, 1.54) is 0 Å². The second-order valence-corrected chi connectivity index (χ2v) is 9.82. The number of hydrazone groups is 1. The molecule has 0 bridgehead atoms. The number of ketones is 1. The van der Waals surface area contributed by atoms with Gasteiger partial charge in [0, 0.05) is 11.3 Å². The first-order chi connectivity index (χ1) is 19.3. The molecule has 204 valence electrons. The molecule has 0 aliphatic carbocycles. The number of halogens is 1. The second-order valence-electron chi connectivity index (χ2n) is 8.42. The summed E-state index contributed by atoms with van der Waals surface area (Å²) in [4.78, 5) is 43.9. The minimum atomic E-state index is -0.637. The van der Waals surface area contributed by atoms with Gasteiger partial charge >= 0.3 is 0 Å². The van der Waals surface area contributed by atoms with E-state index < -0.39 is 11.8 Å². The van der Waals surface area contributed by atoms with Crippen molar-refractivity contribution in [2.75, 3.05) is 17.2 Å². The number of thiazole rings is 1. The molecule has 0 unspecified atom stereocenters. The fourth-order valence-corrected chi connectivity index (χ4v) is 4.67. The standard InChI is InChI=1S/C29H26ClN5O4S/c1-3-39-21-15-13-20(14-16-21)32-28(38)24(34-35-27(37)19-9-5-4-6-10-19)17-25(36)26-18(2)31-29(40-26)33-23-12-8-7-11-22(23)30/h4-16H,3,17H2,1-2H3,(H,31,33)(H,32,38)(H,35,37).